The van der Waals surface area contributed by atoms with E-state index in [1.54, 1.807) is 23.3 Å². The summed E-state index contributed by atoms with van der Waals surface area (Å²) in [5.74, 6) is -1.78. The summed E-state index contributed by atoms with van der Waals surface area (Å²) in [6, 6.07) is 7.55. The van der Waals surface area contributed by atoms with Crippen molar-refractivity contribution in [3.8, 4) is 0 Å². The molecule has 21 heavy (non-hydrogen) atoms. The van der Waals surface area contributed by atoms with Crippen LogP contribution in [-0.2, 0) is 11.3 Å². The molecule has 0 saturated carbocycles. The first-order chi connectivity index (χ1) is 10.1. The molecule has 1 N–H and O–H groups in total. The lowest BCUT2D eigenvalue weighted by atomic mass is 10.2. The fourth-order valence-corrected chi connectivity index (χ4v) is 2.53. The van der Waals surface area contributed by atoms with E-state index in [-0.39, 0.29) is 13.2 Å². The Bertz CT molecular complexity index is 563. The zero-order valence-corrected chi connectivity index (χ0v) is 12.4. The lowest BCUT2D eigenvalue weighted by Gasteiger charge is -2.22. The molecule has 2 rings (SSSR count). The molecule has 0 amide bonds. The summed E-state index contributed by atoms with van der Waals surface area (Å²) in [7, 11) is 1.70. The van der Waals surface area contributed by atoms with E-state index in [9.17, 15) is 13.9 Å². The van der Waals surface area contributed by atoms with E-state index in [1.807, 2.05) is 17.5 Å². The van der Waals surface area contributed by atoms with Crippen LogP contribution in [0.3, 0.4) is 0 Å². The smallest absolute Gasteiger partial charge is 0.160 e. The zero-order valence-electron chi connectivity index (χ0n) is 11.6. The fourth-order valence-electron chi connectivity index (χ4n) is 1.89. The summed E-state index contributed by atoms with van der Waals surface area (Å²) >= 11 is 1.59. The Morgan fingerprint density at radius 1 is 1.29 bits per heavy atom. The van der Waals surface area contributed by atoms with Crippen molar-refractivity contribution < 1.29 is 18.6 Å². The van der Waals surface area contributed by atoms with Crippen LogP contribution in [0.1, 0.15) is 4.88 Å². The molecule has 6 heteroatoms. The third-order valence-corrected chi connectivity index (χ3v) is 3.81. The van der Waals surface area contributed by atoms with Crippen molar-refractivity contribution in [2.45, 2.75) is 12.7 Å². The molecule has 1 unspecified atom stereocenters. The average Bonchev–Trinajstić information content (AvgIpc) is 2.95. The number of aliphatic hydroxyl groups excluding tert-OH is 1. The average molecular weight is 313 g/mol. The summed E-state index contributed by atoms with van der Waals surface area (Å²) in [5, 5.41) is 11.9. The van der Waals surface area contributed by atoms with E-state index < -0.39 is 17.7 Å². The Hall–Kier alpha value is -1.50. The monoisotopic (exact) mass is 313 g/mol. The highest BCUT2D eigenvalue weighted by Crippen LogP contribution is 2.17. The van der Waals surface area contributed by atoms with Crippen molar-refractivity contribution in [3.63, 3.8) is 0 Å². The molecular weight excluding hydrogens is 296 g/mol. The highest BCUT2D eigenvalue weighted by Gasteiger charge is 2.11. The van der Waals surface area contributed by atoms with Gasteiger partial charge in [-0.3, -0.25) is 0 Å². The lowest BCUT2D eigenvalue weighted by Crippen LogP contribution is -2.32. The molecule has 0 bridgehead atoms. The second kappa shape index (κ2) is 7.49. The maximum absolute atomic E-state index is 13.1. The third kappa shape index (κ3) is 4.77. The van der Waals surface area contributed by atoms with Gasteiger partial charge in [0.15, 0.2) is 11.6 Å². The number of hydrogen-bond donors (Lipinski definition) is 1. The van der Waals surface area contributed by atoms with Crippen molar-refractivity contribution in [2.24, 2.45) is 0 Å². The van der Waals surface area contributed by atoms with Crippen LogP contribution < -0.4 is 4.90 Å². The SMILES string of the molecule is CN(CC(O)COCc1cccs1)c1ccc(F)c(F)c1. The summed E-state index contributed by atoms with van der Waals surface area (Å²) in [6.07, 6.45) is -0.705. The molecule has 3 nitrogen and oxygen atoms in total. The maximum Gasteiger partial charge on any atom is 0.160 e. The molecule has 1 atom stereocenters. The molecule has 0 spiro atoms. The van der Waals surface area contributed by atoms with Crippen LogP contribution in [-0.4, -0.2) is 31.4 Å². The second-order valence-corrected chi connectivity index (χ2v) is 5.76. The maximum atomic E-state index is 13.1. The number of aliphatic hydroxyl groups is 1. The molecule has 0 fully saturated rings. The molecule has 114 valence electrons. The predicted molar refractivity (Wildman–Crippen MR) is 79.6 cm³/mol. The number of likely N-dealkylation sites (N-methyl/N-ethyl adjacent to an activating group) is 1. The normalized spacial score (nSPS) is 12.4. The van der Waals surface area contributed by atoms with Crippen LogP contribution in [0.5, 0.6) is 0 Å². The minimum Gasteiger partial charge on any atom is -0.389 e. The molecule has 0 aliphatic rings. The van der Waals surface area contributed by atoms with E-state index in [2.05, 4.69) is 0 Å². The van der Waals surface area contributed by atoms with Crippen molar-refractivity contribution >= 4 is 17.0 Å². The number of halogens is 2. The topological polar surface area (TPSA) is 32.7 Å². The lowest BCUT2D eigenvalue weighted by molar-refractivity contribution is 0.0335. The van der Waals surface area contributed by atoms with Gasteiger partial charge in [0.05, 0.1) is 19.3 Å². The number of nitrogens with zero attached hydrogens (tertiary/aromatic N) is 1. The number of ether oxygens (including phenoxy) is 1. The van der Waals surface area contributed by atoms with Gasteiger partial charge in [-0.2, -0.15) is 0 Å². The number of thiophene rings is 1. The summed E-state index contributed by atoms with van der Waals surface area (Å²) < 4.78 is 31.4. The van der Waals surface area contributed by atoms with Gasteiger partial charge in [-0.25, -0.2) is 8.78 Å². The molecule has 1 heterocycles. The van der Waals surface area contributed by atoms with Gasteiger partial charge in [0.25, 0.3) is 0 Å². The van der Waals surface area contributed by atoms with Crippen LogP contribution in [0.25, 0.3) is 0 Å². The Morgan fingerprint density at radius 3 is 2.76 bits per heavy atom. The van der Waals surface area contributed by atoms with E-state index >= 15 is 0 Å². The first-order valence-electron chi connectivity index (χ1n) is 6.50. The van der Waals surface area contributed by atoms with Crippen LogP contribution in [0.4, 0.5) is 14.5 Å². The van der Waals surface area contributed by atoms with Gasteiger partial charge in [-0.05, 0) is 23.6 Å². The molecule has 0 radical (unpaired) electrons. The molecular formula is C15H17F2NO2S. The quantitative estimate of drug-likeness (QED) is 0.853. The van der Waals surface area contributed by atoms with E-state index in [4.69, 9.17) is 4.74 Å². The molecule has 0 saturated heterocycles. The molecule has 0 aliphatic heterocycles. The number of anilines is 1. The Labute approximate surface area is 126 Å². The van der Waals surface area contributed by atoms with E-state index in [0.717, 1.165) is 17.0 Å². The summed E-state index contributed by atoms with van der Waals surface area (Å²) in [4.78, 5) is 2.75. The first kappa shape index (κ1) is 15.9. The Morgan fingerprint density at radius 2 is 2.10 bits per heavy atom. The van der Waals surface area contributed by atoms with Gasteiger partial charge in [-0.15, -0.1) is 11.3 Å². The van der Waals surface area contributed by atoms with Crippen LogP contribution >= 0.6 is 11.3 Å². The van der Waals surface area contributed by atoms with Crippen molar-refractivity contribution in [1.29, 1.82) is 0 Å². The fraction of sp³-hybridized carbons (Fsp3) is 0.333. The van der Waals surface area contributed by atoms with Crippen molar-refractivity contribution in [2.75, 3.05) is 25.1 Å². The molecule has 2 aromatic rings. The highest BCUT2D eigenvalue weighted by atomic mass is 32.1. The first-order valence-corrected chi connectivity index (χ1v) is 7.38. The predicted octanol–water partition coefficient (Wildman–Crippen LogP) is 3.04. The van der Waals surface area contributed by atoms with Crippen molar-refractivity contribution in [3.05, 3.63) is 52.2 Å². The number of hydrogen-bond acceptors (Lipinski definition) is 4. The van der Waals surface area contributed by atoms with Gasteiger partial charge in [0.2, 0.25) is 0 Å². The van der Waals surface area contributed by atoms with Gasteiger partial charge >= 0.3 is 0 Å². The van der Waals surface area contributed by atoms with Gasteiger partial charge in [-0.1, -0.05) is 6.07 Å². The minimum atomic E-state index is -0.900. The van der Waals surface area contributed by atoms with E-state index in [0.29, 0.717) is 12.3 Å². The van der Waals surface area contributed by atoms with Gasteiger partial charge < -0.3 is 14.7 Å². The molecule has 1 aromatic heterocycles. The largest absolute Gasteiger partial charge is 0.389 e. The van der Waals surface area contributed by atoms with Crippen LogP contribution in [0.2, 0.25) is 0 Å². The number of benzene rings is 1. The van der Waals surface area contributed by atoms with Gasteiger partial charge in [0.1, 0.15) is 0 Å². The number of rotatable bonds is 7. The van der Waals surface area contributed by atoms with Gasteiger partial charge in [0, 0.05) is 30.2 Å². The Balaban J connectivity index is 1.78. The molecule has 1 aromatic carbocycles. The van der Waals surface area contributed by atoms with Crippen LogP contribution in [0.15, 0.2) is 35.7 Å². The Kier molecular flexibility index (Phi) is 5.67. The van der Waals surface area contributed by atoms with Crippen LogP contribution in [0, 0.1) is 11.6 Å². The van der Waals surface area contributed by atoms with E-state index in [1.165, 1.54) is 6.07 Å². The highest BCUT2D eigenvalue weighted by molar-refractivity contribution is 7.09. The summed E-state index contributed by atoms with van der Waals surface area (Å²) in [5.41, 5.74) is 0.506. The molecule has 0 aliphatic carbocycles. The zero-order chi connectivity index (χ0) is 15.2. The summed E-state index contributed by atoms with van der Waals surface area (Å²) in [6.45, 7) is 0.922. The third-order valence-electron chi connectivity index (χ3n) is 2.96. The second-order valence-electron chi connectivity index (χ2n) is 4.73. The van der Waals surface area contributed by atoms with Crippen molar-refractivity contribution in [1.82, 2.24) is 0 Å². The minimum absolute atomic E-state index is 0.186. The standard InChI is InChI=1S/C15H17F2NO2S/c1-18(11-4-5-14(16)15(17)7-11)8-12(19)9-20-10-13-3-2-6-21-13/h2-7,12,19H,8-10H2,1H3.